The summed E-state index contributed by atoms with van der Waals surface area (Å²) < 4.78 is 0.896. The molecule has 0 unspecified atom stereocenters. The number of fused-ring (bicyclic) bond motifs is 1. The fourth-order valence-electron chi connectivity index (χ4n) is 2.86. The molecule has 1 saturated carbocycles. The Bertz CT molecular complexity index is 794. The molecular formula is C14H11N3O3S. The number of benzene rings is 1. The van der Waals surface area contributed by atoms with Gasteiger partial charge in [0.15, 0.2) is 0 Å². The number of urea groups is 1. The van der Waals surface area contributed by atoms with Crippen molar-refractivity contribution in [2.75, 3.05) is 4.90 Å². The van der Waals surface area contributed by atoms with Crippen LogP contribution in [0, 0.1) is 5.41 Å². The molecule has 2 fully saturated rings. The van der Waals surface area contributed by atoms with Crippen LogP contribution in [0.4, 0.5) is 10.5 Å². The van der Waals surface area contributed by atoms with Crippen molar-refractivity contribution in [3.63, 3.8) is 0 Å². The van der Waals surface area contributed by atoms with Gasteiger partial charge >= 0.3 is 6.03 Å². The molecular weight excluding hydrogens is 290 g/mol. The van der Waals surface area contributed by atoms with E-state index in [0.29, 0.717) is 18.5 Å². The van der Waals surface area contributed by atoms with Gasteiger partial charge in [-0.3, -0.25) is 14.9 Å². The quantitative estimate of drug-likeness (QED) is 0.818. The number of nitrogens with one attached hydrogen (secondary N) is 1. The van der Waals surface area contributed by atoms with Crippen molar-refractivity contribution in [2.45, 2.75) is 19.3 Å². The molecule has 4 rings (SSSR count). The van der Waals surface area contributed by atoms with Gasteiger partial charge in [0, 0.05) is 0 Å². The molecule has 21 heavy (non-hydrogen) atoms. The first-order valence-electron chi connectivity index (χ1n) is 6.65. The number of carbonyl (C=O) groups excluding carboxylic acids is 3. The smallest absolute Gasteiger partial charge is 0.276 e. The molecule has 106 valence electrons. The molecule has 1 aromatic carbocycles. The summed E-state index contributed by atoms with van der Waals surface area (Å²) in [5, 5.41) is 2.31. The van der Waals surface area contributed by atoms with Crippen molar-refractivity contribution in [2.24, 2.45) is 5.41 Å². The van der Waals surface area contributed by atoms with Crippen LogP contribution < -0.4 is 10.2 Å². The molecule has 4 amide bonds. The van der Waals surface area contributed by atoms with E-state index in [4.69, 9.17) is 0 Å². The maximum absolute atomic E-state index is 12.7. The highest BCUT2D eigenvalue weighted by molar-refractivity contribution is 7.16. The minimum Gasteiger partial charge on any atom is -0.276 e. The number of hydrogen-bond donors (Lipinski definition) is 1. The summed E-state index contributed by atoms with van der Waals surface area (Å²) >= 11 is 1.44. The first kappa shape index (κ1) is 12.5. The lowest BCUT2D eigenvalue weighted by Gasteiger charge is -2.44. The number of rotatable bonds is 1. The molecule has 1 spiro atoms. The van der Waals surface area contributed by atoms with E-state index in [1.54, 1.807) is 23.7 Å². The summed E-state index contributed by atoms with van der Waals surface area (Å²) in [6.45, 7) is 0. The van der Waals surface area contributed by atoms with Crippen LogP contribution in [0.1, 0.15) is 19.3 Å². The number of aromatic nitrogens is 1. The molecule has 0 bridgehead atoms. The first-order chi connectivity index (χ1) is 10.1. The summed E-state index contributed by atoms with van der Waals surface area (Å²) in [4.78, 5) is 42.0. The van der Waals surface area contributed by atoms with Crippen LogP contribution in [-0.2, 0) is 9.59 Å². The molecule has 7 heteroatoms. The SMILES string of the molecule is O=C1NC(=O)C2(CCC2)C(=O)N1c1ccc2ncsc2c1. The van der Waals surface area contributed by atoms with Crippen molar-refractivity contribution in [1.29, 1.82) is 0 Å². The fraction of sp³-hybridized carbons (Fsp3) is 0.286. The minimum absolute atomic E-state index is 0.411. The van der Waals surface area contributed by atoms with Gasteiger partial charge in [-0.2, -0.15) is 0 Å². The number of nitrogens with zero attached hydrogens (tertiary/aromatic N) is 2. The summed E-state index contributed by atoms with van der Waals surface area (Å²) in [5.74, 6) is -0.870. The zero-order chi connectivity index (χ0) is 14.6. The molecule has 1 saturated heterocycles. The van der Waals surface area contributed by atoms with Gasteiger partial charge in [0.05, 0.1) is 21.4 Å². The van der Waals surface area contributed by atoms with E-state index in [9.17, 15) is 14.4 Å². The lowest BCUT2D eigenvalue weighted by atomic mass is 9.66. The van der Waals surface area contributed by atoms with Crippen LogP contribution in [0.3, 0.4) is 0 Å². The summed E-state index contributed by atoms with van der Waals surface area (Å²) in [5.41, 5.74) is 1.97. The number of imide groups is 2. The third kappa shape index (κ3) is 1.58. The second kappa shape index (κ2) is 4.11. The predicted molar refractivity (Wildman–Crippen MR) is 76.9 cm³/mol. The molecule has 2 aliphatic rings. The Balaban J connectivity index is 1.80. The molecule has 1 N–H and O–H groups in total. The molecule has 1 aromatic heterocycles. The highest BCUT2D eigenvalue weighted by Gasteiger charge is 2.57. The molecule has 0 atom stereocenters. The Labute approximate surface area is 123 Å². The zero-order valence-corrected chi connectivity index (χ0v) is 11.8. The number of amides is 4. The highest BCUT2D eigenvalue weighted by Crippen LogP contribution is 2.45. The van der Waals surface area contributed by atoms with Gasteiger partial charge in [0.1, 0.15) is 5.41 Å². The molecule has 1 aliphatic heterocycles. The van der Waals surface area contributed by atoms with Crippen LogP contribution in [-0.4, -0.2) is 22.8 Å². The molecule has 1 aliphatic carbocycles. The number of barbiturate groups is 1. The van der Waals surface area contributed by atoms with Crippen LogP contribution in [0.2, 0.25) is 0 Å². The Hall–Kier alpha value is -2.28. The highest BCUT2D eigenvalue weighted by atomic mass is 32.1. The van der Waals surface area contributed by atoms with Crippen molar-refractivity contribution >= 4 is 45.1 Å². The third-order valence-corrected chi connectivity index (χ3v) is 5.04. The van der Waals surface area contributed by atoms with Crippen molar-refractivity contribution in [3.8, 4) is 0 Å². The second-order valence-electron chi connectivity index (χ2n) is 5.34. The van der Waals surface area contributed by atoms with Gasteiger partial charge in [-0.05, 0) is 31.0 Å². The van der Waals surface area contributed by atoms with Gasteiger partial charge in [-0.15, -0.1) is 11.3 Å². The standard InChI is InChI=1S/C14H11N3O3S/c18-11-14(4-1-5-14)12(19)17(13(20)16-11)8-2-3-9-10(6-8)21-7-15-9/h2-3,6-7H,1,4-5H2,(H,16,18,20). The Morgan fingerprint density at radius 3 is 2.76 bits per heavy atom. The second-order valence-corrected chi connectivity index (χ2v) is 6.23. The summed E-state index contributed by atoms with van der Waals surface area (Å²) in [6, 6.07) is 4.53. The Morgan fingerprint density at radius 2 is 2.05 bits per heavy atom. The molecule has 0 radical (unpaired) electrons. The van der Waals surface area contributed by atoms with E-state index >= 15 is 0 Å². The molecule has 6 nitrogen and oxygen atoms in total. The predicted octanol–water partition coefficient (Wildman–Crippen LogP) is 2.05. The average Bonchev–Trinajstić information content (AvgIpc) is 2.84. The van der Waals surface area contributed by atoms with Crippen molar-refractivity contribution in [3.05, 3.63) is 23.7 Å². The number of thiazole rings is 1. The lowest BCUT2D eigenvalue weighted by Crippen LogP contribution is -2.66. The van der Waals surface area contributed by atoms with Crippen LogP contribution in [0.5, 0.6) is 0 Å². The number of carbonyl (C=O) groups is 3. The van der Waals surface area contributed by atoms with Crippen LogP contribution >= 0.6 is 11.3 Å². The zero-order valence-electron chi connectivity index (χ0n) is 11.0. The molecule has 2 aromatic rings. The van der Waals surface area contributed by atoms with Gasteiger partial charge in [-0.1, -0.05) is 6.42 Å². The van der Waals surface area contributed by atoms with Gasteiger partial charge in [0.2, 0.25) is 5.91 Å². The topological polar surface area (TPSA) is 79.4 Å². The Kier molecular flexibility index (Phi) is 2.44. The van der Waals surface area contributed by atoms with Crippen molar-refractivity contribution < 1.29 is 14.4 Å². The van der Waals surface area contributed by atoms with E-state index in [2.05, 4.69) is 10.3 Å². The third-order valence-electron chi connectivity index (χ3n) is 4.25. The first-order valence-corrected chi connectivity index (χ1v) is 7.53. The summed E-state index contributed by atoms with van der Waals surface area (Å²) in [7, 11) is 0. The van der Waals surface area contributed by atoms with Gasteiger partial charge in [0.25, 0.3) is 5.91 Å². The monoisotopic (exact) mass is 301 g/mol. The van der Waals surface area contributed by atoms with E-state index < -0.39 is 23.3 Å². The number of hydrogen-bond acceptors (Lipinski definition) is 5. The maximum atomic E-state index is 12.7. The number of anilines is 1. The lowest BCUT2D eigenvalue weighted by molar-refractivity contribution is -0.148. The van der Waals surface area contributed by atoms with E-state index in [1.807, 2.05) is 0 Å². The largest absolute Gasteiger partial charge is 0.335 e. The normalized spacial score (nSPS) is 20.8. The summed E-state index contributed by atoms with van der Waals surface area (Å²) in [6.07, 6.45) is 1.84. The van der Waals surface area contributed by atoms with E-state index in [-0.39, 0.29) is 0 Å². The minimum atomic E-state index is -1.05. The van der Waals surface area contributed by atoms with E-state index in [0.717, 1.165) is 21.5 Å². The Morgan fingerprint density at radius 1 is 1.24 bits per heavy atom. The maximum Gasteiger partial charge on any atom is 0.335 e. The molecule has 2 heterocycles. The van der Waals surface area contributed by atoms with E-state index in [1.165, 1.54) is 11.3 Å². The van der Waals surface area contributed by atoms with Crippen molar-refractivity contribution in [1.82, 2.24) is 10.3 Å². The van der Waals surface area contributed by atoms with Gasteiger partial charge in [-0.25, -0.2) is 14.7 Å². The van der Waals surface area contributed by atoms with Crippen LogP contribution in [0.15, 0.2) is 23.7 Å². The van der Waals surface area contributed by atoms with Gasteiger partial charge < -0.3 is 0 Å². The average molecular weight is 301 g/mol. The van der Waals surface area contributed by atoms with Crippen LogP contribution in [0.25, 0.3) is 10.2 Å². The fourth-order valence-corrected chi connectivity index (χ4v) is 3.57.